The Morgan fingerprint density at radius 1 is 1.39 bits per heavy atom. The fourth-order valence-corrected chi connectivity index (χ4v) is 2.10. The maximum atomic E-state index is 11.3. The number of nitrogens with one attached hydrogen (secondary N) is 1. The monoisotopic (exact) mass is 248 g/mol. The molecule has 5 heteroatoms. The quantitative estimate of drug-likeness (QED) is 0.819. The van der Waals surface area contributed by atoms with Gasteiger partial charge in [0.15, 0.2) is 0 Å². The molecule has 0 spiro atoms. The average Bonchev–Trinajstić information content (AvgIpc) is 2.54. The van der Waals surface area contributed by atoms with Gasteiger partial charge in [-0.05, 0) is 19.1 Å². The number of carbonyl (C=O) groups excluding carboxylic acids is 1. The van der Waals surface area contributed by atoms with Crippen LogP contribution in [0.15, 0.2) is 18.2 Å². The third-order valence-corrected chi connectivity index (χ3v) is 3.04. The fourth-order valence-electron chi connectivity index (χ4n) is 2.10. The van der Waals surface area contributed by atoms with Crippen molar-refractivity contribution in [2.24, 2.45) is 0 Å². The van der Waals surface area contributed by atoms with E-state index in [0.29, 0.717) is 37.3 Å². The maximum Gasteiger partial charge on any atom is 0.337 e. The third-order valence-electron chi connectivity index (χ3n) is 3.04. The van der Waals surface area contributed by atoms with Crippen molar-refractivity contribution in [3.05, 3.63) is 29.3 Å². The molecule has 0 radical (unpaired) electrons. The SMILES string of the molecule is Cc1ccc(N2CCNC(=O)CC2)c(C(=O)O)c1. The molecule has 1 aromatic carbocycles. The van der Waals surface area contributed by atoms with E-state index in [9.17, 15) is 14.7 Å². The molecule has 0 saturated carbocycles. The molecule has 0 unspecified atom stereocenters. The van der Waals surface area contributed by atoms with Crippen LogP contribution in [0.25, 0.3) is 0 Å². The van der Waals surface area contributed by atoms with Crippen LogP contribution in [0.2, 0.25) is 0 Å². The number of nitrogens with zero attached hydrogens (tertiary/aromatic N) is 1. The topological polar surface area (TPSA) is 69.6 Å². The molecule has 0 aliphatic carbocycles. The van der Waals surface area contributed by atoms with Crippen molar-refractivity contribution < 1.29 is 14.7 Å². The molecule has 1 aromatic rings. The molecule has 0 bridgehead atoms. The maximum absolute atomic E-state index is 11.3. The second-order valence-corrected chi connectivity index (χ2v) is 4.41. The highest BCUT2D eigenvalue weighted by Crippen LogP contribution is 2.22. The number of rotatable bonds is 2. The summed E-state index contributed by atoms with van der Waals surface area (Å²) < 4.78 is 0. The second-order valence-electron chi connectivity index (χ2n) is 4.41. The van der Waals surface area contributed by atoms with E-state index in [0.717, 1.165) is 5.56 Å². The molecule has 1 heterocycles. The summed E-state index contributed by atoms with van der Waals surface area (Å²) in [6.07, 6.45) is 0.396. The molecule has 5 nitrogen and oxygen atoms in total. The van der Waals surface area contributed by atoms with Gasteiger partial charge in [-0.15, -0.1) is 0 Å². The molecule has 0 aromatic heterocycles. The van der Waals surface area contributed by atoms with Crippen LogP contribution < -0.4 is 10.2 Å². The van der Waals surface area contributed by atoms with Crippen LogP contribution in [0.5, 0.6) is 0 Å². The van der Waals surface area contributed by atoms with Crippen molar-refractivity contribution >= 4 is 17.6 Å². The Kier molecular flexibility index (Phi) is 3.50. The van der Waals surface area contributed by atoms with E-state index in [4.69, 9.17) is 0 Å². The molecule has 1 fully saturated rings. The number of hydrogen-bond donors (Lipinski definition) is 2. The van der Waals surface area contributed by atoms with E-state index in [1.165, 1.54) is 0 Å². The van der Waals surface area contributed by atoms with Gasteiger partial charge in [-0.25, -0.2) is 4.79 Å². The molecule has 0 atom stereocenters. The minimum absolute atomic E-state index is 0.0153. The van der Waals surface area contributed by atoms with Gasteiger partial charge in [0.2, 0.25) is 5.91 Å². The Morgan fingerprint density at radius 3 is 2.89 bits per heavy atom. The van der Waals surface area contributed by atoms with Gasteiger partial charge in [-0.1, -0.05) is 11.6 Å². The molecular formula is C13H16N2O3. The first-order chi connectivity index (χ1) is 8.58. The second kappa shape index (κ2) is 5.08. The standard InChI is InChI=1S/C13H16N2O3/c1-9-2-3-11(10(8-9)13(17)18)15-6-4-12(16)14-5-7-15/h2-3,8H,4-7H2,1H3,(H,14,16)(H,17,18). The lowest BCUT2D eigenvalue weighted by atomic mass is 10.1. The van der Waals surface area contributed by atoms with Gasteiger partial charge in [-0.3, -0.25) is 4.79 Å². The van der Waals surface area contributed by atoms with Crippen molar-refractivity contribution in [3.8, 4) is 0 Å². The van der Waals surface area contributed by atoms with Crippen LogP contribution in [0.1, 0.15) is 22.3 Å². The first kappa shape index (κ1) is 12.4. The van der Waals surface area contributed by atoms with Gasteiger partial charge in [0.05, 0.1) is 11.3 Å². The van der Waals surface area contributed by atoms with E-state index < -0.39 is 5.97 Å². The van der Waals surface area contributed by atoms with Gasteiger partial charge in [0.1, 0.15) is 0 Å². The van der Waals surface area contributed by atoms with Crippen molar-refractivity contribution in [2.45, 2.75) is 13.3 Å². The summed E-state index contributed by atoms with van der Waals surface area (Å²) in [6.45, 7) is 3.60. The number of aryl methyl sites for hydroxylation is 1. The molecule has 1 saturated heterocycles. The molecule has 1 amide bonds. The van der Waals surface area contributed by atoms with Crippen LogP contribution >= 0.6 is 0 Å². The Bertz CT molecular complexity index is 485. The predicted molar refractivity (Wildman–Crippen MR) is 68.0 cm³/mol. The fraction of sp³-hybridized carbons (Fsp3) is 0.385. The molecule has 18 heavy (non-hydrogen) atoms. The predicted octanol–water partition coefficient (Wildman–Crippen LogP) is 1.02. The highest BCUT2D eigenvalue weighted by molar-refractivity contribution is 5.95. The van der Waals surface area contributed by atoms with E-state index in [1.807, 2.05) is 24.0 Å². The van der Waals surface area contributed by atoms with Gasteiger partial charge in [-0.2, -0.15) is 0 Å². The zero-order chi connectivity index (χ0) is 13.1. The van der Waals surface area contributed by atoms with Crippen molar-refractivity contribution in [2.75, 3.05) is 24.5 Å². The number of carboxylic acid groups (broad SMARTS) is 1. The minimum Gasteiger partial charge on any atom is -0.478 e. The number of carbonyl (C=O) groups is 2. The summed E-state index contributed by atoms with van der Waals surface area (Å²) in [5.41, 5.74) is 1.90. The van der Waals surface area contributed by atoms with Crippen LogP contribution in [0.4, 0.5) is 5.69 Å². The zero-order valence-corrected chi connectivity index (χ0v) is 10.3. The number of anilines is 1. The Balaban J connectivity index is 2.31. The Morgan fingerprint density at radius 2 is 2.17 bits per heavy atom. The summed E-state index contributed by atoms with van der Waals surface area (Å²) in [7, 11) is 0. The Labute approximate surface area is 105 Å². The van der Waals surface area contributed by atoms with E-state index in [2.05, 4.69) is 5.32 Å². The average molecular weight is 248 g/mol. The first-order valence-corrected chi connectivity index (χ1v) is 5.93. The lowest BCUT2D eigenvalue weighted by molar-refractivity contribution is -0.120. The third kappa shape index (κ3) is 2.61. The highest BCUT2D eigenvalue weighted by atomic mass is 16.4. The van der Waals surface area contributed by atoms with Gasteiger partial charge in [0.25, 0.3) is 0 Å². The minimum atomic E-state index is -0.933. The summed E-state index contributed by atoms with van der Waals surface area (Å²) in [4.78, 5) is 24.5. The van der Waals surface area contributed by atoms with Crippen LogP contribution in [0, 0.1) is 6.92 Å². The number of amides is 1. The van der Waals surface area contributed by atoms with Crippen LogP contribution in [0.3, 0.4) is 0 Å². The summed E-state index contributed by atoms with van der Waals surface area (Å²) in [5.74, 6) is -0.918. The summed E-state index contributed by atoms with van der Waals surface area (Å²) in [6, 6.07) is 5.37. The number of aromatic carboxylic acids is 1. The van der Waals surface area contributed by atoms with Gasteiger partial charge in [0, 0.05) is 26.1 Å². The first-order valence-electron chi connectivity index (χ1n) is 5.93. The van der Waals surface area contributed by atoms with Crippen LogP contribution in [-0.2, 0) is 4.79 Å². The lowest BCUT2D eigenvalue weighted by Gasteiger charge is -2.23. The highest BCUT2D eigenvalue weighted by Gasteiger charge is 2.19. The van der Waals surface area contributed by atoms with Crippen molar-refractivity contribution in [1.82, 2.24) is 5.32 Å². The van der Waals surface area contributed by atoms with Crippen LogP contribution in [-0.4, -0.2) is 36.6 Å². The van der Waals surface area contributed by atoms with Crippen molar-refractivity contribution in [1.29, 1.82) is 0 Å². The Hall–Kier alpha value is -2.04. The molecule has 1 aliphatic heterocycles. The molecule has 96 valence electrons. The summed E-state index contributed by atoms with van der Waals surface area (Å²) >= 11 is 0. The normalized spacial score (nSPS) is 16.1. The molecule has 2 N–H and O–H groups in total. The van der Waals surface area contributed by atoms with E-state index >= 15 is 0 Å². The number of benzene rings is 1. The summed E-state index contributed by atoms with van der Waals surface area (Å²) in [5, 5.41) is 12.0. The van der Waals surface area contributed by atoms with E-state index in [1.54, 1.807) is 6.07 Å². The van der Waals surface area contributed by atoms with Crippen molar-refractivity contribution in [3.63, 3.8) is 0 Å². The zero-order valence-electron chi connectivity index (χ0n) is 10.3. The smallest absolute Gasteiger partial charge is 0.337 e. The molecular weight excluding hydrogens is 232 g/mol. The van der Waals surface area contributed by atoms with E-state index in [-0.39, 0.29) is 5.91 Å². The number of carboxylic acids is 1. The van der Waals surface area contributed by atoms with Gasteiger partial charge >= 0.3 is 5.97 Å². The molecule has 1 aliphatic rings. The number of hydrogen-bond acceptors (Lipinski definition) is 3. The lowest BCUT2D eigenvalue weighted by Crippen LogP contribution is -2.29. The molecule has 2 rings (SSSR count). The largest absolute Gasteiger partial charge is 0.478 e. The van der Waals surface area contributed by atoms with Gasteiger partial charge < -0.3 is 15.3 Å².